The minimum Gasteiger partial charge on any atom is -0.316 e. The van der Waals surface area contributed by atoms with Crippen molar-refractivity contribution in [2.75, 3.05) is 13.6 Å². The summed E-state index contributed by atoms with van der Waals surface area (Å²) in [6.45, 7) is 0.861. The van der Waals surface area contributed by atoms with E-state index in [1.165, 1.54) is 0 Å². The van der Waals surface area contributed by atoms with Crippen LogP contribution in [0, 0.1) is 0 Å². The van der Waals surface area contributed by atoms with E-state index in [-0.39, 0.29) is 0 Å². The molecular formula is C9H11ClN2. The molecule has 0 aliphatic heterocycles. The van der Waals surface area contributed by atoms with E-state index in [0.717, 1.165) is 12.1 Å². The largest absolute Gasteiger partial charge is 0.316 e. The van der Waals surface area contributed by atoms with E-state index < -0.39 is 0 Å². The van der Waals surface area contributed by atoms with Gasteiger partial charge in [0.05, 0.1) is 0 Å². The first-order valence-corrected chi connectivity index (χ1v) is 4.13. The molecule has 0 aromatic carbocycles. The average molecular weight is 183 g/mol. The van der Waals surface area contributed by atoms with E-state index in [9.17, 15) is 0 Å². The van der Waals surface area contributed by atoms with Crippen LogP contribution in [0.15, 0.2) is 24.4 Å². The highest BCUT2D eigenvalue weighted by atomic mass is 35.5. The number of hydrogen-bond donors (Lipinski definition) is 1. The maximum Gasteiger partial charge on any atom is 0.129 e. The Balaban J connectivity index is 2.63. The molecule has 3 heteroatoms. The van der Waals surface area contributed by atoms with Gasteiger partial charge in [-0.25, -0.2) is 4.98 Å². The molecule has 12 heavy (non-hydrogen) atoms. The Kier molecular flexibility index (Phi) is 3.77. The zero-order valence-electron chi connectivity index (χ0n) is 6.92. The Labute approximate surface area is 77.3 Å². The Bertz CT molecular complexity index is 271. The van der Waals surface area contributed by atoms with Crippen LogP contribution in [0.3, 0.4) is 0 Å². The number of rotatable bonds is 3. The number of nitrogens with zero attached hydrogens (tertiary/aromatic N) is 1. The molecule has 1 rings (SSSR count). The summed E-state index contributed by atoms with van der Waals surface area (Å²) in [5.74, 6) is 0. The Morgan fingerprint density at radius 2 is 2.50 bits per heavy atom. The second-order valence-electron chi connectivity index (χ2n) is 2.37. The van der Waals surface area contributed by atoms with E-state index in [1.807, 2.05) is 31.3 Å². The molecule has 0 spiro atoms. The van der Waals surface area contributed by atoms with Crippen molar-refractivity contribution < 1.29 is 0 Å². The quantitative estimate of drug-likeness (QED) is 0.724. The lowest BCUT2D eigenvalue weighted by atomic mass is 10.2. The van der Waals surface area contributed by atoms with Crippen LogP contribution in [0.1, 0.15) is 5.56 Å². The predicted octanol–water partition coefficient (Wildman–Crippen LogP) is 1.97. The van der Waals surface area contributed by atoms with Crippen LogP contribution < -0.4 is 5.32 Å². The summed E-state index contributed by atoms with van der Waals surface area (Å²) >= 11 is 5.70. The highest BCUT2D eigenvalue weighted by molar-refractivity contribution is 6.29. The molecule has 0 fully saturated rings. The molecule has 0 bridgehead atoms. The highest BCUT2D eigenvalue weighted by Gasteiger charge is 1.88. The summed E-state index contributed by atoms with van der Waals surface area (Å²) < 4.78 is 0. The molecule has 0 aliphatic carbocycles. The summed E-state index contributed by atoms with van der Waals surface area (Å²) in [5.41, 5.74) is 1.07. The first-order valence-electron chi connectivity index (χ1n) is 3.75. The van der Waals surface area contributed by atoms with Crippen LogP contribution in [-0.2, 0) is 0 Å². The van der Waals surface area contributed by atoms with Crippen molar-refractivity contribution in [1.29, 1.82) is 0 Å². The van der Waals surface area contributed by atoms with Gasteiger partial charge in [-0.15, -0.1) is 0 Å². The number of halogens is 1. The van der Waals surface area contributed by atoms with Gasteiger partial charge < -0.3 is 5.32 Å². The van der Waals surface area contributed by atoms with Crippen LogP contribution in [0.4, 0.5) is 0 Å². The Morgan fingerprint density at radius 1 is 1.67 bits per heavy atom. The van der Waals surface area contributed by atoms with Crippen LogP contribution >= 0.6 is 11.6 Å². The molecule has 0 unspecified atom stereocenters. The molecule has 64 valence electrons. The third kappa shape index (κ3) is 3.03. The van der Waals surface area contributed by atoms with Gasteiger partial charge in [-0.3, -0.25) is 0 Å². The summed E-state index contributed by atoms with van der Waals surface area (Å²) in [6.07, 6.45) is 5.73. The molecule has 1 heterocycles. The first kappa shape index (κ1) is 9.23. The lowest BCUT2D eigenvalue weighted by Gasteiger charge is -1.93. The topological polar surface area (TPSA) is 24.9 Å². The van der Waals surface area contributed by atoms with Crippen LogP contribution in [0.2, 0.25) is 5.15 Å². The van der Waals surface area contributed by atoms with Gasteiger partial charge in [0.1, 0.15) is 5.15 Å². The smallest absolute Gasteiger partial charge is 0.129 e. The fraction of sp³-hybridized carbons (Fsp3) is 0.222. The van der Waals surface area contributed by atoms with Crippen molar-refractivity contribution in [3.63, 3.8) is 0 Å². The molecule has 0 amide bonds. The number of nitrogens with one attached hydrogen (secondary N) is 1. The third-order valence-corrected chi connectivity index (χ3v) is 1.59. The van der Waals surface area contributed by atoms with E-state index in [0.29, 0.717) is 5.15 Å². The number of aromatic nitrogens is 1. The van der Waals surface area contributed by atoms with Gasteiger partial charge in [-0.2, -0.15) is 0 Å². The lowest BCUT2D eigenvalue weighted by Crippen LogP contribution is -2.03. The second-order valence-corrected chi connectivity index (χ2v) is 2.76. The van der Waals surface area contributed by atoms with Gasteiger partial charge >= 0.3 is 0 Å². The standard InChI is InChI=1S/C9H11ClN2/c1-11-5-2-3-8-4-6-12-9(10)7-8/h2-4,6-7,11H,5H2,1H3. The van der Waals surface area contributed by atoms with Crippen molar-refractivity contribution >= 4 is 17.7 Å². The monoisotopic (exact) mass is 182 g/mol. The molecular weight excluding hydrogens is 172 g/mol. The van der Waals surface area contributed by atoms with Crippen LogP contribution in [0.5, 0.6) is 0 Å². The fourth-order valence-corrected chi connectivity index (χ4v) is 1.02. The third-order valence-electron chi connectivity index (χ3n) is 1.38. The van der Waals surface area contributed by atoms with E-state index in [2.05, 4.69) is 10.3 Å². The normalized spacial score (nSPS) is 10.8. The fourth-order valence-electron chi connectivity index (χ4n) is 0.834. The summed E-state index contributed by atoms with van der Waals surface area (Å²) in [4.78, 5) is 3.88. The average Bonchev–Trinajstić information content (AvgIpc) is 2.05. The zero-order valence-corrected chi connectivity index (χ0v) is 7.67. The van der Waals surface area contributed by atoms with Crippen LogP contribution in [0.25, 0.3) is 6.08 Å². The lowest BCUT2D eigenvalue weighted by molar-refractivity contribution is 0.922. The predicted molar refractivity (Wildman–Crippen MR) is 52.2 cm³/mol. The molecule has 0 saturated carbocycles. The molecule has 2 nitrogen and oxygen atoms in total. The van der Waals surface area contributed by atoms with E-state index in [4.69, 9.17) is 11.6 Å². The molecule has 1 N–H and O–H groups in total. The van der Waals surface area contributed by atoms with E-state index >= 15 is 0 Å². The van der Waals surface area contributed by atoms with Gasteiger partial charge in [-0.05, 0) is 24.7 Å². The molecule has 0 atom stereocenters. The SMILES string of the molecule is CNCC=Cc1ccnc(Cl)c1. The van der Waals surface area contributed by atoms with Crippen molar-refractivity contribution in [3.05, 3.63) is 35.1 Å². The van der Waals surface area contributed by atoms with Crippen molar-refractivity contribution in [1.82, 2.24) is 10.3 Å². The minimum absolute atomic E-state index is 0.529. The second kappa shape index (κ2) is 4.91. The molecule has 0 radical (unpaired) electrons. The summed E-state index contributed by atoms with van der Waals surface area (Å²) in [7, 11) is 1.91. The van der Waals surface area contributed by atoms with Gasteiger partial charge in [0.15, 0.2) is 0 Å². The van der Waals surface area contributed by atoms with Crippen molar-refractivity contribution in [3.8, 4) is 0 Å². The van der Waals surface area contributed by atoms with Gasteiger partial charge in [0.2, 0.25) is 0 Å². The summed E-state index contributed by atoms with van der Waals surface area (Å²) in [6, 6.07) is 3.74. The Hall–Kier alpha value is -0.860. The minimum atomic E-state index is 0.529. The molecule has 1 aromatic heterocycles. The number of likely N-dealkylation sites (N-methyl/N-ethyl adjacent to an activating group) is 1. The summed E-state index contributed by atoms with van der Waals surface area (Å²) in [5, 5.41) is 3.55. The number of pyridine rings is 1. The van der Waals surface area contributed by atoms with Gasteiger partial charge in [0, 0.05) is 12.7 Å². The molecule has 0 aliphatic rings. The van der Waals surface area contributed by atoms with Gasteiger partial charge in [-0.1, -0.05) is 23.8 Å². The first-order chi connectivity index (χ1) is 5.83. The highest BCUT2D eigenvalue weighted by Crippen LogP contribution is 2.07. The number of hydrogen-bond acceptors (Lipinski definition) is 2. The Morgan fingerprint density at radius 3 is 3.17 bits per heavy atom. The van der Waals surface area contributed by atoms with Crippen molar-refractivity contribution in [2.24, 2.45) is 0 Å². The molecule has 0 saturated heterocycles. The zero-order chi connectivity index (χ0) is 8.81. The van der Waals surface area contributed by atoms with Crippen molar-refractivity contribution in [2.45, 2.75) is 0 Å². The van der Waals surface area contributed by atoms with Gasteiger partial charge in [0.25, 0.3) is 0 Å². The van der Waals surface area contributed by atoms with E-state index in [1.54, 1.807) is 6.20 Å². The molecule has 1 aromatic rings. The maximum absolute atomic E-state index is 5.70. The van der Waals surface area contributed by atoms with Crippen LogP contribution in [-0.4, -0.2) is 18.6 Å². The maximum atomic E-state index is 5.70.